The van der Waals surface area contributed by atoms with Crippen LogP contribution in [0.25, 0.3) is 16.7 Å². The highest BCUT2D eigenvalue weighted by atomic mass is 19.1. The molecule has 0 unspecified atom stereocenters. The average molecular weight is 549 g/mol. The molecule has 10 nitrogen and oxygen atoms in total. The number of piperazine rings is 1. The maximum atomic E-state index is 14.2. The summed E-state index contributed by atoms with van der Waals surface area (Å²) in [6, 6.07) is 5.93. The van der Waals surface area contributed by atoms with Crippen LogP contribution in [0.4, 0.5) is 21.7 Å². The molecule has 11 heteroatoms. The van der Waals surface area contributed by atoms with Crippen LogP contribution in [0.5, 0.6) is 0 Å². The molecule has 0 saturated carbocycles. The number of rotatable bonds is 10. The van der Waals surface area contributed by atoms with Crippen molar-refractivity contribution in [1.29, 1.82) is 0 Å². The molecule has 1 fully saturated rings. The molecule has 4 rings (SSSR count). The Morgan fingerprint density at radius 3 is 2.58 bits per heavy atom. The summed E-state index contributed by atoms with van der Waals surface area (Å²) in [6.07, 6.45) is 6.43. The Labute approximate surface area is 233 Å². The Balaban J connectivity index is 1.77. The number of nitrogens with zero attached hydrogens (tertiary/aromatic N) is 7. The summed E-state index contributed by atoms with van der Waals surface area (Å²) in [5, 5.41) is 3.50. The topological polar surface area (TPSA) is 91.5 Å². The van der Waals surface area contributed by atoms with Gasteiger partial charge in [-0.15, -0.1) is 6.58 Å². The molecule has 0 bridgehead atoms. The first-order valence-corrected chi connectivity index (χ1v) is 13.3. The molecule has 1 amide bonds. The number of likely N-dealkylation sites (N-methyl/N-ethyl adjacent to an activating group) is 1. The van der Waals surface area contributed by atoms with Crippen LogP contribution in [-0.2, 0) is 11.3 Å². The third kappa shape index (κ3) is 6.15. The zero-order valence-corrected chi connectivity index (χ0v) is 23.8. The van der Waals surface area contributed by atoms with Gasteiger partial charge in [0, 0.05) is 56.0 Å². The predicted octanol–water partition coefficient (Wildman–Crippen LogP) is 4.12. The summed E-state index contributed by atoms with van der Waals surface area (Å²) >= 11 is 0. The fourth-order valence-electron chi connectivity index (χ4n) is 4.71. The maximum absolute atomic E-state index is 14.2. The SMILES string of the molecule is C=CCn1c(=O)c2cnc(Nc3ccc(N4CCN(C)CC4)c(C)c3)nc2n1C(/C=C(\C)F)=C/N(C=O)C(C)C. The van der Waals surface area contributed by atoms with Gasteiger partial charge in [0.05, 0.1) is 18.1 Å². The van der Waals surface area contributed by atoms with E-state index in [1.165, 1.54) is 45.3 Å². The molecule has 0 spiro atoms. The average Bonchev–Trinajstić information content (AvgIpc) is 3.17. The van der Waals surface area contributed by atoms with Crippen molar-refractivity contribution in [2.45, 2.75) is 40.3 Å². The van der Waals surface area contributed by atoms with Crippen molar-refractivity contribution >= 4 is 40.5 Å². The lowest BCUT2D eigenvalue weighted by atomic mass is 10.1. The Morgan fingerprint density at radius 1 is 1.25 bits per heavy atom. The van der Waals surface area contributed by atoms with Crippen molar-refractivity contribution < 1.29 is 9.18 Å². The number of aryl methyl sites for hydroxylation is 1. The number of benzene rings is 1. The molecular formula is C29H37FN8O2. The second kappa shape index (κ2) is 12.3. The normalized spacial score (nSPS) is 15.1. The van der Waals surface area contributed by atoms with Crippen molar-refractivity contribution in [3.63, 3.8) is 0 Å². The van der Waals surface area contributed by atoms with E-state index in [-0.39, 0.29) is 40.8 Å². The Bertz CT molecular complexity index is 1510. The number of hydrogen-bond donors (Lipinski definition) is 1. The van der Waals surface area contributed by atoms with Crippen LogP contribution in [0.15, 0.2) is 59.9 Å². The molecule has 1 N–H and O–H groups in total. The third-order valence-corrected chi connectivity index (χ3v) is 6.87. The highest BCUT2D eigenvalue weighted by Gasteiger charge is 2.20. The van der Waals surface area contributed by atoms with E-state index in [2.05, 4.69) is 51.7 Å². The number of allylic oxidation sites excluding steroid dienone is 4. The van der Waals surface area contributed by atoms with Crippen LogP contribution in [0, 0.1) is 6.92 Å². The van der Waals surface area contributed by atoms with Gasteiger partial charge in [-0.05, 0) is 64.6 Å². The van der Waals surface area contributed by atoms with Gasteiger partial charge in [-0.1, -0.05) is 6.08 Å². The third-order valence-electron chi connectivity index (χ3n) is 6.87. The van der Waals surface area contributed by atoms with Gasteiger partial charge < -0.3 is 20.0 Å². The summed E-state index contributed by atoms with van der Waals surface area (Å²) < 4.78 is 17.1. The number of aromatic nitrogens is 4. The van der Waals surface area contributed by atoms with Crippen LogP contribution in [-0.4, -0.2) is 74.8 Å². The molecule has 1 saturated heterocycles. The quantitative estimate of drug-likeness (QED) is 0.232. The molecule has 2 aromatic heterocycles. The highest BCUT2D eigenvalue weighted by Crippen LogP contribution is 2.26. The standard InChI is InChI=1S/C29H37FN8O2/c1-7-10-37-28(40)25-17-31-29(32-23-8-9-26(21(4)15-23)35-13-11-34(6)12-14-35)33-27(25)38(37)24(16-22(5)30)18-36(19-39)20(2)3/h7-9,15-20H,1,10-14H2,2-6H3,(H,31,32,33)/b22-16+,24-18+. The number of fused-ring (bicyclic) bond motifs is 1. The molecule has 40 heavy (non-hydrogen) atoms. The molecule has 0 radical (unpaired) electrons. The van der Waals surface area contributed by atoms with E-state index in [4.69, 9.17) is 0 Å². The molecule has 212 valence electrons. The molecule has 1 aromatic carbocycles. The van der Waals surface area contributed by atoms with Crippen LogP contribution in [0.1, 0.15) is 26.3 Å². The number of hydrogen-bond acceptors (Lipinski definition) is 7. The monoisotopic (exact) mass is 548 g/mol. The molecule has 3 heterocycles. The molecule has 0 aliphatic carbocycles. The summed E-state index contributed by atoms with van der Waals surface area (Å²) in [5.74, 6) is -0.219. The van der Waals surface area contributed by atoms with E-state index >= 15 is 0 Å². The Morgan fingerprint density at radius 2 is 1.98 bits per heavy atom. The van der Waals surface area contributed by atoms with Crippen LogP contribution in [0.3, 0.4) is 0 Å². The lowest BCUT2D eigenvalue weighted by Gasteiger charge is -2.35. The fourth-order valence-corrected chi connectivity index (χ4v) is 4.71. The lowest BCUT2D eigenvalue weighted by Crippen LogP contribution is -2.44. The molecule has 0 atom stereocenters. The number of halogens is 1. The molecule has 1 aliphatic heterocycles. The van der Waals surface area contributed by atoms with E-state index in [0.29, 0.717) is 6.41 Å². The molecule has 3 aromatic rings. The highest BCUT2D eigenvalue weighted by molar-refractivity contribution is 5.81. The summed E-state index contributed by atoms with van der Waals surface area (Å²) in [5.41, 5.74) is 3.29. The van der Waals surface area contributed by atoms with Gasteiger partial charge in [0.2, 0.25) is 12.4 Å². The zero-order valence-electron chi connectivity index (χ0n) is 23.8. The first-order chi connectivity index (χ1) is 19.1. The predicted molar refractivity (Wildman–Crippen MR) is 158 cm³/mol. The largest absolute Gasteiger partial charge is 0.369 e. The fraction of sp³-hybridized carbons (Fsp3) is 0.379. The first kappa shape index (κ1) is 28.8. The number of carbonyl (C=O) groups excluding carboxylic acids is 1. The van der Waals surface area contributed by atoms with E-state index in [1.54, 1.807) is 6.08 Å². The van der Waals surface area contributed by atoms with Crippen LogP contribution >= 0.6 is 0 Å². The number of amides is 1. The van der Waals surface area contributed by atoms with Gasteiger partial charge in [-0.2, -0.15) is 4.98 Å². The van der Waals surface area contributed by atoms with E-state index in [1.807, 2.05) is 26.0 Å². The lowest BCUT2D eigenvalue weighted by molar-refractivity contribution is -0.117. The number of carbonyl (C=O) groups is 1. The van der Waals surface area contributed by atoms with E-state index in [0.717, 1.165) is 37.4 Å². The van der Waals surface area contributed by atoms with Crippen molar-refractivity contribution in [2.24, 2.45) is 0 Å². The second-order valence-corrected chi connectivity index (χ2v) is 10.3. The summed E-state index contributed by atoms with van der Waals surface area (Å²) in [4.78, 5) is 40.2. The van der Waals surface area contributed by atoms with Gasteiger partial charge in [0.1, 0.15) is 5.39 Å². The minimum atomic E-state index is -0.497. The van der Waals surface area contributed by atoms with Crippen molar-refractivity contribution in [3.8, 4) is 0 Å². The smallest absolute Gasteiger partial charge is 0.278 e. The molecular weight excluding hydrogens is 511 g/mol. The zero-order chi connectivity index (χ0) is 29.0. The Hall–Kier alpha value is -4.25. The van der Waals surface area contributed by atoms with Gasteiger partial charge in [-0.25, -0.2) is 18.7 Å². The van der Waals surface area contributed by atoms with Crippen molar-refractivity contribution in [2.75, 3.05) is 43.4 Å². The van der Waals surface area contributed by atoms with Gasteiger partial charge in [0.25, 0.3) is 5.56 Å². The number of anilines is 3. The minimum Gasteiger partial charge on any atom is -0.369 e. The summed E-state index contributed by atoms with van der Waals surface area (Å²) in [7, 11) is 2.13. The van der Waals surface area contributed by atoms with Gasteiger partial charge in [0.15, 0.2) is 5.65 Å². The maximum Gasteiger partial charge on any atom is 0.278 e. The summed E-state index contributed by atoms with van der Waals surface area (Å²) in [6.45, 7) is 14.9. The van der Waals surface area contributed by atoms with Crippen LogP contribution in [0.2, 0.25) is 0 Å². The van der Waals surface area contributed by atoms with Crippen LogP contribution < -0.4 is 15.8 Å². The van der Waals surface area contributed by atoms with Crippen molar-refractivity contribution in [3.05, 3.63) is 71.1 Å². The minimum absolute atomic E-state index is 0.143. The number of nitrogens with one attached hydrogen (secondary N) is 1. The van der Waals surface area contributed by atoms with E-state index in [9.17, 15) is 14.0 Å². The Kier molecular flexibility index (Phi) is 8.83. The van der Waals surface area contributed by atoms with E-state index < -0.39 is 5.83 Å². The first-order valence-electron chi connectivity index (χ1n) is 13.3. The van der Waals surface area contributed by atoms with Gasteiger partial charge in [-0.3, -0.25) is 9.59 Å². The van der Waals surface area contributed by atoms with Gasteiger partial charge >= 0.3 is 0 Å². The molecule has 1 aliphatic rings. The van der Waals surface area contributed by atoms with Crippen molar-refractivity contribution in [1.82, 2.24) is 29.1 Å². The second-order valence-electron chi connectivity index (χ2n) is 10.3.